The molecule has 0 spiro atoms. The van der Waals surface area contributed by atoms with E-state index < -0.39 is 0 Å². The van der Waals surface area contributed by atoms with Gasteiger partial charge in [0.05, 0.1) is 0 Å². The summed E-state index contributed by atoms with van der Waals surface area (Å²) in [4.78, 5) is 17.6. The van der Waals surface area contributed by atoms with Crippen molar-refractivity contribution in [2.24, 2.45) is 16.1 Å². The summed E-state index contributed by atoms with van der Waals surface area (Å²) < 4.78 is 13.1. The number of guanidine groups is 1. The largest absolute Gasteiger partial charge is 0.370 e. The fourth-order valence-electron chi connectivity index (χ4n) is 3.54. The number of hydrogen-bond acceptors (Lipinski definition) is 4. The molecule has 4 rings (SSSR count). The van der Waals surface area contributed by atoms with Crippen molar-refractivity contribution >= 4 is 35.9 Å². The average Bonchev–Trinajstić information content (AvgIpc) is 3.48. The number of rotatable bonds is 5. The Labute approximate surface area is 182 Å². The van der Waals surface area contributed by atoms with Crippen LogP contribution in [0, 0.1) is 11.2 Å². The third-order valence-corrected chi connectivity index (χ3v) is 5.46. The summed E-state index contributed by atoms with van der Waals surface area (Å²) in [6.07, 6.45) is 6.77. The molecule has 0 bridgehead atoms. The first-order valence-electron chi connectivity index (χ1n) is 9.45. The summed E-state index contributed by atoms with van der Waals surface area (Å²) in [6, 6.07) is 8.61. The summed E-state index contributed by atoms with van der Waals surface area (Å²) >= 11 is 0. The third-order valence-electron chi connectivity index (χ3n) is 5.46. The van der Waals surface area contributed by atoms with Crippen molar-refractivity contribution in [3.05, 3.63) is 54.1 Å². The second-order valence-electron chi connectivity index (χ2n) is 7.50. The molecule has 0 unspecified atom stereocenters. The van der Waals surface area contributed by atoms with E-state index in [2.05, 4.69) is 19.8 Å². The molecule has 1 saturated heterocycles. The van der Waals surface area contributed by atoms with E-state index in [1.54, 1.807) is 12.4 Å². The molecular weight excluding hydrogens is 470 g/mol. The molecular formula is C20H26FIN6. The van der Waals surface area contributed by atoms with Gasteiger partial charge in [-0.1, -0.05) is 12.1 Å². The Morgan fingerprint density at radius 3 is 2.32 bits per heavy atom. The lowest BCUT2D eigenvalue weighted by Gasteiger charge is -2.35. The molecule has 28 heavy (non-hydrogen) atoms. The Morgan fingerprint density at radius 1 is 1.07 bits per heavy atom. The highest BCUT2D eigenvalue weighted by Gasteiger charge is 2.42. The lowest BCUT2D eigenvalue weighted by atomic mass is 9.96. The van der Waals surface area contributed by atoms with Gasteiger partial charge >= 0.3 is 0 Å². The molecule has 2 fully saturated rings. The molecule has 2 heterocycles. The van der Waals surface area contributed by atoms with Crippen molar-refractivity contribution in [2.45, 2.75) is 19.3 Å². The topological polar surface area (TPSA) is 70.6 Å². The minimum Gasteiger partial charge on any atom is -0.370 e. The van der Waals surface area contributed by atoms with Crippen LogP contribution in [0.1, 0.15) is 18.4 Å². The lowest BCUT2D eigenvalue weighted by Crippen LogP contribution is -2.51. The van der Waals surface area contributed by atoms with Gasteiger partial charge in [0.25, 0.3) is 0 Å². The summed E-state index contributed by atoms with van der Waals surface area (Å²) in [6.45, 7) is 4.04. The van der Waals surface area contributed by atoms with Gasteiger partial charge in [-0.2, -0.15) is 0 Å². The van der Waals surface area contributed by atoms with Gasteiger partial charge in [0.1, 0.15) is 5.82 Å². The Morgan fingerprint density at radius 2 is 1.71 bits per heavy atom. The number of nitrogens with two attached hydrogens (primary N) is 1. The second-order valence-corrected chi connectivity index (χ2v) is 7.50. The second kappa shape index (κ2) is 9.02. The quantitative estimate of drug-likeness (QED) is 0.392. The minimum atomic E-state index is -0.189. The van der Waals surface area contributed by atoms with E-state index in [1.165, 1.54) is 17.7 Å². The van der Waals surface area contributed by atoms with Gasteiger partial charge in [-0.3, -0.25) is 4.99 Å². The molecule has 0 atom stereocenters. The zero-order valence-electron chi connectivity index (χ0n) is 15.8. The van der Waals surface area contributed by atoms with Gasteiger partial charge in [-0.25, -0.2) is 14.4 Å². The number of piperazine rings is 1. The molecule has 6 nitrogen and oxygen atoms in total. The van der Waals surface area contributed by atoms with E-state index in [1.807, 2.05) is 18.2 Å². The van der Waals surface area contributed by atoms with E-state index >= 15 is 0 Å². The lowest BCUT2D eigenvalue weighted by molar-refractivity contribution is 0.376. The normalized spacial score (nSPS) is 18.5. The van der Waals surface area contributed by atoms with E-state index in [0.29, 0.717) is 5.96 Å². The predicted octanol–water partition coefficient (Wildman–Crippen LogP) is 2.69. The van der Waals surface area contributed by atoms with Crippen LogP contribution in [0.2, 0.25) is 0 Å². The van der Waals surface area contributed by atoms with E-state index in [-0.39, 0.29) is 35.2 Å². The number of benzene rings is 1. The highest BCUT2D eigenvalue weighted by atomic mass is 127. The average molecular weight is 496 g/mol. The van der Waals surface area contributed by atoms with Crippen molar-refractivity contribution in [2.75, 3.05) is 37.6 Å². The van der Waals surface area contributed by atoms with Gasteiger partial charge in [0.15, 0.2) is 5.96 Å². The first-order valence-corrected chi connectivity index (χ1v) is 9.45. The maximum Gasteiger partial charge on any atom is 0.225 e. The summed E-state index contributed by atoms with van der Waals surface area (Å²) in [5, 5.41) is 0. The molecule has 2 N–H and O–H groups in total. The van der Waals surface area contributed by atoms with Crippen molar-refractivity contribution in [1.29, 1.82) is 0 Å². The van der Waals surface area contributed by atoms with E-state index in [9.17, 15) is 4.39 Å². The van der Waals surface area contributed by atoms with E-state index in [0.717, 1.165) is 57.9 Å². The molecule has 1 saturated carbocycles. The van der Waals surface area contributed by atoms with Crippen LogP contribution in [0.25, 0.3) is 0 Å². The smallest absolute Gasteiger partial charge is 0.225 e. The standard InChI is InChI=1S/C20H25FN6.HI/c21-17-4-2-16(3-5-17)14-20(6-7-20)15-25-18(22)26-10-12-27(13-11-26)19-23-8-1-9-24-19;/h1-5,8-9H,6-7,10-15H2,(H2,22,25);1H. The highest BCUT2D eigenvalue weighted by molar-refractivity contribution is 14.0. The summed E-state index contributed by atoms with van der Waals surface area (Å²) in [5.41, 5.74) is 7.62. The molecule has 1 aromatic carbocycles. The maximum atomic E-state index is 13.1. The Hall–Kier alpha value is -1.97. The van der Waals surface area contributed by atoms with Gasteiger partial charge in [0.2, 0.25) is 5.95 Å². The van der Waals surface area contributed by atoms with Crippen LogP contribution < -0.4 is 10.6 Å². The van der Waals surface area contributed by atoms with Crippen LogP contribution in [0.5, 0.6) is 0 Å². The molecule has 8 heteroatoms. The first-order chi connectivity index (χ1) is 13.1. The van der Waals surface area contributed by atoms with Crippen molar-refractivity contribution in [3.63, 3.8) is 0 Å². The molecule has 0 amide bonds. The van der Waals surface area contributed by atoms with Crippen LogP contribution in [0.15, 0.2) is 47.7 Å². The zero-order chi connectivity index (χ0) is 18.7. The fraction of sp³-hybridized carbons (Fsp3) is 0.450. The Kier molecular flexibility index (Phi) is 6.69. The molecule has 1 aromatic heterocycles. The summed E-state index contributed by atoms with van der Waals surface area (Å²) in [7, 11) is 0. The SMILES string of the molecule is I.NC(=NCC1(Cc2ccc(F)cc2)CC1)N1CCN(c2ncccn2)CC1. The molecule has 2 aromatic rings. The minimum absolute atomic E-state index is 0. The number of aliphatic imine (C=N–C) groups is 1. The zero-order valence-corrected chi connectivity index (χ0v) is 18.1. The van der Waals surface area contributed by atoms with Crippen LogP contribution in [-0.2, 0) is 6.42 Å². The number of hydrogen-bond donors (Lipinski definition) is 1. The van der Waals surface area contributed by atoms with Gasteiger partial charge < -0.3 is 15.5 Å². The van der Waals surface area contributed by atoms with Gasteiger partial charge in [0, 0.05) is 45.1 Å². The molecule has 1 aliphatic carbocycles. The number of anilines is 1. The highest BCUT2D eigenvalue weighted by Crippen LogP contribution is 2.48. The number of halogens is 2. The van der Waals surface area contributed by atoms with Crippen molar-refractivity contribution in [3.8, 4) is 0 Å². The van der Waals surface area contributed by atoms with Crippen LogP contribution in [-0.4, -0.2) is 53.6 Å². The first kappa shape index (κ1) is 20.8. The number of aromatic nitrogens is 2. The van der Waals surface area contributed by atoms with Crippen LogP contribution in [0.3, 0.4) is 0 Å². The van der Waals surface area contributed by atoms with Gasteiger partial charge in [-0.15, -0.1) is 24.0 Å². The van der Waals surface area contributed by atoms with Gasteiger partial charge in [-0.05, 0) is 48.4 Å². The van der Waals surface area contributed by atoms with Crippen LogP contribution >= 0.6 is 24.0 Å². The molecule has 2 aliphatic rings. The summed E-state index contributed by atoms with van der Waals surface area (Å²) in [5.74, 6) is 1.20. The fourth-order valence-corrected chi connectivity index (χ4v) is 3.54. The molecule has 0 radical (unpaired) electrons. The predicted molar refractivity (Wildman–Crippen MR) is 119 cm³/mol. The third kappa shape index (κ3) is 5.09. The molecule has 150 valence electrons. The number of nitrogens with zero attached hydrogens (tertiary/aromatic N) is 5. The Balaban J connectivity index is 0.00000225. The maximum absolute atomic E-state index is 13.1. The van der Waals surface area contributed by atoms with Crippen molar-refractivity contribution in [1.82, 2.24) is 14.9 Å². The monoisotopic (exact) mass is 496 g/mol. The van der Waals surface area contributed by atoms with E-state index in [4.69, 9.17) is 10.7 Å². The Bertz CT molecular complexity index is 786. The van der Waals surface area contributed by atoms with Crippen LogP contribution in [0.4, 0.5) is 10.3 Å². The molecule has 1 aliphatic heterocycles. The van der Waals surface area contributed by atoms with Crippen molar-refractivity contribution < 1.29 is 4.39 Å².